The number of aryl methyl sites for hydroxylation is 1. The van der Waals surface area contributed by atoms with Gasteiger partial charge in [0.2, 0.25) is 0 Å². The van der Waals surface area contributed by atoms with Crippen LogP contribution in [-0.2, 0) is 16.5 Å². The number of carbonyl (C=O) groups excluding carboxylic acids is 1. The van der Waals surface area contributed by atoms with E-state index in [9.17, 15) is 10.1 Å². The molecule has 0 aromatic carbocycles. The van der Waals surface area contributed by atoms with Crippen molar-refractivity contribution in [3.05, 3.63) is 54.7 Å². The van der Waals surface area contributed by atoms with Gasteiger partial charge in [0.25, 0.3) is 0 Å². The number of methoxy groups -OCH3 is 1. The molecule has 1 aliphatic rings. The predicted octanol–water partition coefficient (Wildman–Crippen LogP) is 3.74. The Morgan fingerprint density at radius 3 is 2.54 bits per heavy atom. The van der Waals surface area contributed by atoms with Crippen LogP contribution in [0.1, 0.15) is 25.3 Å². The van der Waals surface area contributed by atoms with Crippen molar-refractivity contribution in [1.82, 2.24) is 29.3 Å². The Morgan fingerprint density at radius 1 is 1.08 bits per heavy atom. The van der Waals surface area contributed by atoms with E-state index < -0.39 is 0 Å². The topological polar surface area (TPSA) is 114 Å². The number of anilines is 1. The van der Waals surface area contributed by atoms with E-state index in [-0.39, 0.29) is 12.2 Å². The van der Waals surface area contributed by atoms with E-state index >= 15 is 0 Å². The zero-order valence-electron chi connectivity index (χ0n) is 22.4. The van der Waals surface area contributed by atoms with E-state index in [0.717, 1.165) is 40.0 Å². The summed E-state index contributed by atoms with van der Waals surface area (Å²) in [6.07, 6.45) is 10.5. The molecule has 0 saturated carbocycles. The third-order valence-electron chi connectivity index (χ3n) is 7.15. The molecule has 0 aliphatic carbocycles. The van der Waals surface area contributed by atoms with Gasteiger partial charge in [-0.15, -0.1) is 0 Å². The van der Waals surface area contributed by atoms with Crippen molar-refractivity contribution in [1.29, 1.82) is 5.26 Å². The Bertz CT molecular complexity index is 1470. The summed E-state index contributed by atoms with van der Waals surface area (Å²) < 4.78 is 14.3. The number of pyridine rings is 2. The van der Waals surface area contributed by atoms with Crippen LogP contribution in [0.5, 0.6) is 0 Å². The number of aromatic nitrogens is 5. The fourth-order valence-electron chi connectivity index (χ4n) is 4.86. The quantitative estimate of drug-likeness (QED) is 0.340. The maximum absolute atomic E-state index is 12.5. The normalized spacial score (nSPS) is 14.4. The largest absolute Gasteiger partial charge is 0.449 e. The minimum atomic E-state index is -0.282. The van der Waals surface area contributed by atoms with Crippen molar-refractivity contribution in [2.24, 2.45) is 7.05 Å². The highest BCUT2D eigenvalue weighted by atomic mass is 16.6. The lowest BCUT2D eigenvalue weighted by atomic mass is 10.0. The van der Waals surface area contributed by atoms with Gasteiger partial charge in [-0.1, -0.05) is 6.92 Å². The van der Waals surface area contributed by atoms with Crippen molar-refractivity contribution in [2.75, 3.05) is 44.8 Å². The molecule has 202 valence electrons. The number of carbonyl (C=O) groups is 1. The molecule has 11 nitrogen and oxygen atoms in total. The van der Waals surface area contributed by atoms with Crippen molar-refractivity contribution in [3.63, 3.8) is 0 Å². The van der Waals surface area contributed by atoms with Crippen LogP contribution in [0.3, 0.4) is 0 Å². The number of nitrogens with zero attached hydrogens (tertiary/aromatic N) is 8. The zero-order chi connectivity index (χ0) is 27.4. The molecule has 5 rings (SSSR count). The molecule has 1 saturated heterocycles. The van der Waals surface area contributed by atoms with Crippen LogP contribution in [0.4, 0.5) is 10.6 Å². The molecule has 0 N–H and O–H groups in total. The number of hydrogen-bond acceptors (Lipinski definition) is 8. The number of fused-ring (bicyclic) bond motifs is 1. The average molecular weight is 529 g/mol. The fourth-order valence-corrected chi connectivity index (χ4v) is 4.86. The molecule has 0 radical (unpaired) electrons. The van der Waals surface area contributed by atoms with Crippen LogP contribution < -0.4 is 4.90 Å². The highest BCUT2D eigenvalue weighted by Gasteiger charge is 2.23. The van der Waals surface area contributed by atoms with Crippen LogP contribution in [0.15, 0.2) is 49.2 Å². The Kier molecular flexibility index (Phi) is 7.74. The summed E-state index contributed by atoms with van der Waals surface area (Å²) >= 11 is 0. The van der Waals surface area contributed by atoms with Gasteiger partial charge in [-0.2, -0.15) is 15.5 Å². The molecular formula is C28H32N8O3. The smallest absolute Gasteiger partial charge is 0.409 e. The minimum absolute atomic E-state index is 0.109. The van der Waals surface area contributed by atoms with E-state index in [1.54, 1.807) is 33.6 Å². The molecule has 4 aromatic rings. The number of hydrogen-bond donors (Lipinski definition) is 0. The second kappa shape index (κ2) is 11.5. The van der Waals surface area contributed by atoms with Gasteiger partial charge in [0.05, 0.1) is 36.2 Å². The summed E-state index contributed by atoms with van der Waals surface area (Å²) in [5, 5.41) is 18.4. The van der Waals surface area contributed by atoms with Crippen molar-refractivity contribution in [2.45, 2.75) is 25.9 Å². The Balaban J connectivity index is 1.29. The Hall–Kier alpha value is -4.43. The van der Waals surface area contributed by atoms with Gasteiger partial charge >= 0.3 is 6.09 Å². The number of nitriles is 1. The number of piperazine rings is 1. The molecule has 1 aliphatic heterocycles. The molecule has 0 spiro atoms. The van der Waals surface area contributed by atoms with Crippen LogP contribution >= 0.6 is 0 Å². The SMILES string of the molecule is CC[C@H](CCOC(=O)N1CCN(c2ccc(-c3cc(-c4cnn(C)c4)cn4ncc(C#N)c34)cn2)CC1)OC. The molecule has 1 fully saturated rings. The lowest BCUT2D eigenvalue weighted by molar-refractivity contribution is 0.0544. The predicted molar refractivity (Wildman–Crippen MR) is 146 cm³/mol. The van der Waals surface area contributed by atoms with Crippen LogP contribution in [0.25, 0.3) is 27.8 Å². The van der Waals surface area contributed by atoms with Gasteiger partial charge in [0.1, 0.15) is 11.9 Å². The lowest BCUT2D eigenvalue weighted by Gasteiger charge is -2.34. The lowest BCUT2D eigenvalue weighted by Crippen LogP contribution is -2.49. The molecule has 39 heavy (non-hydrogen) atoms. The molecule has 1 amide bonds. The average Bonchev–Trinajstić information content (AvgIpc) is 3.61. The summed E-state index contributed by atoms with van der Waals surface area (Å²) in [5.41, 5.74) is 4.90. The van der Waals surface area contributed by atoms with E-state index in [2.05, 4.69) is 28.1 Å². The first-order valence-electron chi connectivity index (χ1n) is 13.1. The fraction of sp³-hybridized carbons (Fsp3) is 0.393. The van der Waals surface area contributed by atoms with Crippen molar-refractivity contribution >= 4 is 17.4 Å². The monoisotopic (exact) mass is 528 g/mol. The molecule has 0 unspecified atom stereocenters. The molecule has 5 heterocycles. The third-order valence-corrected chi connectivity index (χ3v) is 7.15. The molecule has 0 bridgehead atoms. The molecule has 4 aromatic heterocycles. The van der Waals surface area contributed by atoms with E-state index in [4.69, 9.17) is 14.5 Å². The van der Waals surface area contributed by atoms with Crippen LogP contribution in [0.2, 0.25) is 0 Å². The maximum Gasteiger partial charge on any atom is 0.409 e. The summed E-state index contributed by atoms with van der Waals surface area (Å²) in [4.78, 5) is 21.1. The Labute approximate surface area is 227 Å². The summed E-state index contributed by atoms with van der Waals surface area (Å²) in [6, 6.07) is 8.29. The molecule has 1 atom stereocenters. The summed E-state index contributed by atoms with van der Waals surface area (Å²) in [5.74, 6) is 0.839. The summed E-state index contributed by atoms with van der Waals surface area (Å²) in [6.45, 7) is 4.88. The molecular weight excluding hydrogens is 496 g/mol. The van der Waals surface area contributed by atoms with Gasteiger partial charge in [-0.25, -0.2) is 14.3 Å². The number of amides is 1. The summed E-state index contributed by atoms with van der Waals surface area (Å²) in [7, 11) is 3.55. The van der Waals surface area contributed by atoms with E-state index in [1.807, 2.05) is 43.8 Å². The second-order valence-electron chi connectivity index (χ2n) is 9.56. The van der Waals surface area contributed by atoms with Gasteiger partial charge in [-0.3, -0.25) is 4.68 Å². The van der Waals surface area contributed by atoms with E-state index in [1.165, 1.54) is 0 Å². The third kappa shape index (κ3) is 5.56. The van der Waals surface area contributed by atoms with Gasteiger partial charge in [-0.05, 0) is 24.6 Å². The minimum Gasteiger partial charge on any atom is -0.449 e. The first-order valence-corrected chi connectivity index (χ1v) is 13.1. The van der Waals surface area contributed by atoms with Crippen LogP contribution in [0, 0.1) is 11.3 Å². The zero-order valence-corrected chi connectivity index (χ0v) is 22.4. The van der Waals surface area contributed by atoms with Crippen molar-refractivity contribution in [3.8, 4) is 28.3 Å². The highest BCUT2D eigenvalue weighted by molar-refractivity contribution is 5.87. The molecule has 11 heteroatoms. The maximum atomic E-state index is 12.5. The van der Waals surface area contributed by atoms with E-state index in [0.29, 0.717) is 44.8 Å². The van der Waals surface area contributed by atoms with Gasteiger partial charge in [0.15, 0.2) is 0 Å². The second-order valence-corrected chi connectivity index (χ2v) is 9.56. The highest BCUT2D eigenvalue weighted by Crippen LogP contribution is 2.32. The first kappa shape index (κ1) is 26.2. The van der Waals surface area contributed by atoms with Crippen molar-refractivity contribution < 1.29 is 14.3 Å². The Morgan fingerprint density at radius 2 is 1.90 bits per heavy atom. The first-order chi connectivity index (χ1) is 19.0. The number of ether oxygens (including phenoxy) is 2. The van der Waals surface area contributed by atoms with Gasteiger partial charge < -0.3 is 19.3 Å². The van der Waals surface area contributed by atoms with Crippen LogP contribution in [-0.4, -0.2) is 81.4 Å². The number of rotatable bonds is 8. The van der Waals surface area contributed by atoms with Gasteiger partial charge in [0, 0.05) is 87.6 Å². The standard InChI is InChI=1S/C28H32N8O3/c1-4-24(38-3)7-12-39-28(37)35-10-8-34(9-11-35)26-6-5-20(15-30-26)25-13-21(23-17-31-33(2)18-23)19-36-27(25)22(14-29)16-32-36/h5-6,13,15-19,24H,4,7-12H2,1-3H3/t24-/m1/s1.